The van der Waals surface area contributed by atoms with Gasteiger partial charge in [0.05, 0.1) is 11.9 Å². The molecule has 0 unspecified atom stereocenters. The molecular weight excluding hydrogens is 188 g/mol. The van der Waals surface area contributed by atoms with Crippen LogP contribution in [0.4, 0.5) is 0 Å². The lowest BCUT2D eigenvalue weighted by atomic mass is 10.2. The molecule has 2 heterocycles. The lowest BCUT2D eigenvalue weighted by molar-refractivity contribution is 0.465. The van der Waals surface area contributed by atoms with Gasteiger partial charge in [-0.25, -0.2) is 9.66 Å². The van der Waals surface area contributed by atoms with Crippen molar-refractivity contribution in [3.8, 4) is 0 Å². The third-order valence-electron chi connectivity index (χ3n) is 2.89. The van der Waals surface area contributed by atoms with Crippen molar-refractivity contribution in [1.82, 2.24) is 15.0 Å². The molecule has 1 aliphatic rings. The summed E-state index contributed by atoms with van der Waals surface area (Å²) in [4.78, 5) is 4.23. The fourth-order valence-corrected chi connectivity index (χ4v) is 2.04. The van der Waals surface area contributed by atoms with Gasteiger partial charge in [-0.05, 0) is 25.8 Å². The third kappa shape index (κ3) is 2.50. The van der Waals surface area contributed by atoms with E-state index >= 15 is 0 Å². The van der Waals surface area contributed by atoms with Gasteiger partial charge in [0.15, 0.2) is 0 Å². The van der Waals surface area contributed by atoms with Crippen molar-refractivity contribution in [2.75, 3.05) is 24.6 Å². The van der Waals surface area contributed by atoms with Crippen LogP contribution in [0.15, 0.2) is 12.5 Å². The lowest BCUT2D eigenvalue weighted by Gasteiger charge is -2.30. The average Bonchev–Trinajstić information content (AvgIpc) is 2.75. The van der Waals surface area contributed by atoms with Crippen molar-refractivity contribution in [3.05, 3.63) is 18.2 Å². The molecule has 0 radical (unpaired) electrons. The van der Waals surface area contributed by atoms with Crippen LogP contribution in [-0.2, 0) is 6.54 Å². The number of aromatic nitrogens is 2. The van der Waals surface area contributed by atoms with Gasteiger partial charge in [0, 0.05) is 19.6 Å². The Morgan fingerprint density at radius 3 is 2.87 bits per heavy atom. The zero-order valence-electron chi connectivity index (χ0n) is 9.45. The molecule has 2 rings (SSSR count). The van der Waals surface area contributed by atoms with E-state index in [1.54, 1.807) is 0 Å². The summed E-state index contributed by atoms with van der Waals surface area (Å²) in [7, 11) is 0. The summed E-state index contributed by atoms with van der Waals surface area (Å²) in [6.45, 7) is 6.37. The summed E-state index contributed by atoms with van der Waals surface area (Å²) in [5, 5.41) is 5.73. The Kier molecular flexibility index (Phi) is 3.61. The summed E-state index contributed by atoms with van der Waals surface area (Å²) in [6, 6.07) is 0. The summed E-state index contributed by atoms with van der Waals surface area (Å²) in [5.41, 5.74) is 1.26. The molecule has 1 aliphatic heterocycles. The maximum Gasteiger partial charge on any atom is 0.114 e. The van der Waals surface area contributed by atoms with Crippen molar-refractivity contribution in [3.63, 3.8) is 0 Å². The fraction of sp³-hybridized carbons (Fsp3) is 0.727. The van der Waals surface area contributed by atoms with Crippen molar-refractivity contribution < 1.29 is 0 Å². The molecule has 0 spiro atoms. The van der Waals surface area contributed by atoms with E-state index < -0.39 is 0 Å². The number of hydrogen-bond donors (Lipinski definition) is 1. The molecule has 15 heavy (non-hydrogen) atoms. The van der Waals surface area contributed by atoms with Crippen molar-refractivity contribution >= 4 is 0 Å². The molecule has 4 heteroatoms. The topological polar surface area (TPSA) is 33.1 Å². The monoisotopic (exact) mass is 208 g/mol. The predicted octanol–water partition coefficient (Wildman–Crippen LogP) is 1.11. The Morgan fingerprint density at radius 2 is 2.13 bits per heavy atom. The first-order chi connectivity index (χ1) is 7.42. The SMILES string of the molecule is CCNCc1cncn1N1CCCCC1. The average molecular weight is 208 g/mol. The minimum atomic E-state index is 0.910. The molecule has 0 atom stereocenters. The molecule has 1 fully saturated rings. The third-order valence-corrected chi connectivity index (χ3v) is 2.89. The molecule has 0 aliphatic carbocycles. The van der Waals surface area contributed by atoms with E-state index in [0.717, 1.165) is 26.2 Å². The van der Waals surface area contributed by atoms with Gasteiger partial charge in [0.25, 0.3) is 0 Å². The number of hydrogen-bond acceptors (Lipinski definition) is 3. The first kappa shape index (κ1) is 10.5. The zero-order valence-corrected chi connectivity index (χ0v) is 9.45. The van der Waals surface area contributed by atoms with Gasteiger partial charge in [0.2, 0.25) is 0 Å². The van der Waals surface area contributed by atoms with Crippen LogP contribution in [-0.4, -0.2) is 29.3 Å². The van der Waals surface area contributed by atoms with Crippen LogP contribution < -0.4 is 10.3 Å². The molecule has 0 saturated carbocycles. The van der Waals surface area contributed by atoms with Crippen molar-refractivity contribution in [2.24, 2.45) is 0 Å². The second-order valence-corrected chi connectivity index (χ2v) is 4.02. The predicted molar refractivity (Wildman–Crippen MR) is 61.4 cm³/mol. The van der Waals surface area contributed by atoms with Gasteiger partial charge < -0.3 is 10.3 Å². The van der Waals surface area contributed by atoms with Crippen LogP contribution in [0.1, 0.15) is 31.9 Å². The summed E-state index contributed by atoms with van der Waals surface area (Å²) >= 11 is 0. The number of nitrogens with zero attached hydrogens (tertiary/aromatic N) is 3. The van der Waals surface area contributed by atoms with Gasteiger partial charge in [-0.3, -0.25) is 0 Å². The minimum absolute atomic E-state index is 0.910. The smallest absolute Gasteiger partial charge is 0.114 e. The molecule has 84 valence electrons. The molecule has 0 aromatic carbocycles. The molecular formula is C11H20N4. The second kappa shape index (κ2) is 5.16. The van der Waals surface area contributed by atoms with Crippen LogP contribution in [0.25, 0.3) is 0 Å². The van der Waals surface area contributed by atoms with Gasteiger partial charge in [-0.15, -0.1) is 0 Å². The molecule has 1 aromatic rings. The highest BCUT2D eigenvalue weighted by molar-refractivity contribution is 5.04. The highest BCUT2D eigenvalue weighted by Crippen LogP contribution is 2.10. The first-order valence-electron chi connectivity index (χ1n) is 5.89. The van der Waals surface area contributed by atoms with Crippen molar-refractivity contribution in [2.45, 2.75) is 32.7 Å². The van der Waals surface area contributed by atoms with E-state index in [-0.39, 0.29) is 0 Å². The van der Waals surface area contributed by atoms with Gasteiger partial charge in [0.1, 0.15) is 6.33 Å². The number of piperidine rings is 1. The van der Waals surface area contributed by atoms with Gasteiger partial charge in [-0.1, -0.05) is 6.92 Å². The Balaban J connectivity index is 2.02. The van der Waals surface area contributed by atoms with Crippen LogP contribution in [0.2, 0.25) is 0 Å². The standard InChI is InChI=1S/C11H20N4/c1-2-12-8-11-9-13-10-15(11)14-6-4-3-5-7-14/h9-10,12H,2-8H2,1H3. The molecule has 0 amide bonds. The zero-order chi connectivity index (χ0) is 10.5. The quantitative estimate of drug-likeness (QED) is 0.805. The second-order valence-electron chi connectivity index (χ2n) is 4.02. The maximum atomic E-state index is 4.23. The Labute approximate surface area is 91.3 Å². The van der Waals surface area contributed by atoms with E-state index in [1.165, 1.54) is 25.0 Å². The highest BCUT2D eigenvalue weighted by atomic mass is 15.6. The van der Waals surface area contributed by atoms with E-state index in [9.17, 15) is 0 Å². The van der Waals surface area contributed by atoms with Gasteiger partial charge >= 0.3 is 0 Å². The molecule has 0 bridgehead atoms. The Bertz CT molecular complexity index is 289. The van der Waals surface area contributed by atoms with Crippen molar-refractivity contribution in [1.29, 1.82) is 0 Å². The van der Waals surface area contributed by atoms with Crippen LogP contribution in [0.5, 0.6) is 0 Å². The summed E-state index contributed by atoms with van der Waals surface area (Å²) in [5.74, 6) is 0. The molecule has 1 aromatic heterocycles. The van der Waals surface area contributed by atoms with E-state index in [0.29, 0.717) is 0 Å². The number of nitrogens with one attached hydrogen (secondary N) is 1. The van der Waals surface area contributed by atoms with Crippen LogP contribution in [0.3, 0.4) is 0 Å². The molecule has 1 N–H and O–H groups in total. The van der Waals surface area contributed by atoms with E-state index in [4.69, 9.17) is 0 Å². The summed E-state index contributed by atoms with van der Waals surface area (Å²) < 4.78 is 2.21. The van der Waals surface area contributed by atoms with Crippen LogP contribution >= 0.6 is 0 Å². The molecule has 1 saturated heterocycles. The summed E-state index contributed by atoms with van der Waals surface area (Å²) in [6.07, 6.45) is 7.86. The number of imidazole rings is 1. The van der Waals surface area contributed by atoms with E-state index in [1.807, 2.05) is 12.5 Å². The normalized spacial score (nSPS) is 17.0. The fourth-order valence-electron chi connectivity index (χ4n) is 2.04. The Morgan fingerprint density at radius 1 is 1.33 bits per heavy atom. The number of rotatable bonds is 4. The van der Waals surface area contributed by atoms with Crippen LogP contribution in [0, 0.1) is 0 Å². The Hall–Kier alpha value is -1.03. The minimum Gasteiger partial charge on any atom is -0.312 e. The first-order valence-corrected chi connectivity index (χ1v) is 5.89. The molecule has 4 nitrogen and oxygen atoms in total. The largest absolute Gasteiger partial charge is 0.312 e. The lowest BCUT2D eigenvalue weighted by Crippen LogP contribution is -2.40. The highest BCUT2D eigenvalue weighted by Gasteiger charge is 2.12. The van der Waals surface area contributed by atoms with Gasteiger partial charge in [-0.2, -0.15) is 0 Å². The maximum absolute atomic E-state index is 4.23. The van der Waals surface area contributed by atoms with E-state index in [2.05, 4.69) is 26.9 Å².